The van der Waals surface area contributed by atoms with Crippen molar-refractivity contribution in [3.63, 3.8) is 0 Å². The highest BCUT2D eigenvalue weighted by Crippen LogP contribution is 2.32. The number of hydrogen-bond donors (Lipinski definition) is 1. The van der Waals surface area contributed by atoms with E-state index >= 15 is 0 Å². The monoisotopic (exact) mass is 404 g/mol. The number of aliphatic hydroxyl groups excluding tert-OH is 1. The molecular formula is C22H32N2O5. The van der Waals surface area contributed by atoms with Gasteiger partial charge in [0.25, 0.3) is 0 Å². The number of benzene rings is 1. The van der Waals surface area contributed by atoms with E-state index in [1.54, 1.807) is 9.80 Å². The van der Waals surface area contributed by atoms with Crippen molar-refractivity contribution in [2.75, 3.05) is 19.6 Å². The maximum Gasteiger partial charge on any atom is 0.410 e. The van der Waals surface area contributed by atoms with Crippen molar-refractivity contribution in [2.24, 2.45) is 5.92 Å². The third-order valence-electron chi connectivity index (χ3n) is 5.50. The molecule has 0 aromatic heterocycles. The second-order valence-corrected chi connectivity index (χ2v) is 8.95. The molecule has 160 valence electrons. The summed E-state index contributed by atoms with van der Waals surface area (Å²) in [4.78, 5) is 28.3. The minimum atomic E-state index is -0.568. The Morgan fingerprint density at radius 1 is 1.10 bits per heavy atom. The molecule has 1 unspecified atom stereocenters. The molecule has 0 radical (unpaired) electrons. The maximum absolute atomic E-state index is 12.6. The standard InChI is InChI=1S/C22H32N2O5/c1-22(2,3)29-21(27)24-14-18(25)13-19(24)17-9-11-23(12-10-17)20(26)28-15-16-7-5-4-6-8-16/h4-8,17-19,25H,9-15H2,1-3H3/t18?,19-/m0/s1. The molecule has 0 saturated carbocycles. The fourth-order valence-corrected chi connectivity index (χ4v) is 4.10. The van der Waals surface area contributed by atoms with Crippen LogP contribution in [0.3, 0.4) is 0 Å². The third kappa shape index (κ3) is 5.85. The van der Waals surface area contributed by atoms with E-state index in [0.29, 0.717) is 26.1 Å². The molecule has 3 rings (SSSR count). The fourth-order valence-electron chi connectivity index (χ4n) is 4.10. The summed E-state index contributed by atoms with van der Waals surface area (Å²) in [5.41, 5.74) is 0.393. The van der Waals surface area contributed by atoms with Crippen LogP contribution in [0.15, 0.2) is 30.3 Å². The zero-order valence-corrected chi connectivity index (χ0v) is 17.5. The predicted molar refractivity (Wildman–Crippen MR) is 108 cm³/mol. The molecular weight excluding hydrogens is 372 g/mol. The zero-order valence-electron chi connectivity index (χ0n) is 17.5. The molecule has 1 aromatic carbocycles. The molecule has 2 aliphatic rings. The summed E-state index contributed by atoms with van der Waals surface area (Å²) in [6.45, 7) is 7.27. The molecule has 2 fully saturated rings. The fraction of sp³-hybridized carbons (Fsp3) is 0.636. The van der Waals surface area contributed by atoms with E-state index in [1.165, 1.54) is 0 Å². The number of β-amino-alcohol motifs (C(OH)–C–C–N with tert-alkyl or cyclic N) is 1. The lowest BCUT2D eigenvalue weighted by molar-refractivity contribution is 0.0117. The lowest BCUT2D eigenvalue weighted by Gasteiger charge is -2.37. The summed E-state index contributed by atoms with van der Waals surface area (Å²) in [5, 5.41) is 10.1. The van der Waals surface area contributed by atoms with Gasteiger partial charge in [-0.3, -0.25) is 0 Å². The van der Waals surface area contributed by atoms with E-state index in [9.17, 15) is 14.7 Å². The largest absolute Gasteiger partial charge is 0.445 e. The van der Waals surface area contributed by atoms with Crippen LogP contribution in [-0.2, 0) is 16.1 Å². The first kappa shape index (κ1) is 21.4. The third-order valence-corrected chi connectivity index (χ3v) is 5.50. The van der Waals surface area contributed by atoms with Crippen molar-refractivity contribution in [3.8, 4) is 0 Å². The first-order valence-electron chi connectivity index (χ1n) is 10.4. The van der Waals surface area contributed by atoms with Crippen LogP contribution in [-0.4, -0.2) is 64.5 Å². The molecule has 2 saturated heterocycles. The van der Waals surface area contributed by atoms with Crippen LogP contribution in [0.25, 0.3) is 0 Å². The molecule has 2 heterocycles. The van der Waals surface area contributed by atoms with Gasteiger partial charge in [0, 0.05) is 19.1 Å². The van der Waals surface area contributed by atoms with Crippen LogP contribution < -0.4 is 0 Å². The smallest absolute Gasteiger partial charge is 0.410 e. The van der Waals surface area contributed by atoms with Gasteiger partial charge >= 0.3 is 12.2 Å². The van der Waals surface area contributed by atoms with Crippen LogP contribution in [0.1, 0.15) is 45.6 Å². The molecule has 0 aliphatic carbocycles. The summed E-state index contributed by atoms with van der Waals surface area (Å²) in [6, 6.07) is 9.56. The molecule has 29 heavy (non-hydrogen) atoms. The minimum absolute atomic E-state index is 0.0534. The first-order chi connectivity index (χ1) is 13.7. The van der Waals surface area contributed by atoms with Gasteiger partial charge < -0.3 is 24.4 Å². The van der Waals surface area contributed by atoms with Crippen LogP contribution >= 0.6 is 0 Å². The van der Waals surface area contributed by atoms with E-state index in [1.807, 2.05) is 51.1 Å². The summed E-state index contributed by atoms with van der Waals surface area (Å²) < 4.78 is 10.9. The van der Waals surface area contributed by atoms with Gasteiger partial charge in [-0.15, -0.1) is 0 Å². The summed E-state index contributed by atoms with van der Waals surface area (Å²) in [5.74, 6) is 0.234. The number of hydrogen-bond acceptors (Lipinski definition) is 5. The second-order valence-electron chi connectivity index (χ2n) is 8.95. The maximum atomic E-state index is 12.6. The van der Waals surface area contributed by atoms with Crippen molar-refractivity contribution < 1.29 is 24.2 Å². The van der Waals surface area contributed by atoms with Crippen molar-refractivity contribution >= 4 is 12.2 Å². The van der Waals surface area contributed by atoms with Crippen LogP contribution in [0.2, 0.25) is 0 Å². The average molecular weight is 405 g/mol. The zero-order chi connectivity index (χ0) is 21.0. The van der Waals surface area contributed by atoms with Gasteiger partial charge in [0.1, 0.15) is 12.2 Å². The molecule has 1 aromatic rings. The number of carbonyl (C=O) groups is 2. The number of piperidine rings is 1. The molecule has 0 bridgehead atoms. The predicted octanol–water partition coefficient (Wildman–Crippen LogP) is 3.41. The summed E-state index contributed by atoms with van der Waals surface area (Å²) in [7, 11) is 0. The Kier molecular flexibility index (Phi) is 6.67. The quantitative estimate of drug-likeness (QED) is 0.835. The van der Waals surface area contributed by atoms with Crippen molar-refractivity contribution in [1.29, 1.82) is 0 Å². The second kappa shape index (κ2) is 9.03. The number of nitrogens with zero attached hydrogens (tertiary/aromatic N) is 2. The minimum Gasteiger partial charge on any atom is -0.445 e. The van der Waals surface area contributed by atoms with Crippen LogP contribution in [0.4, 0.5) is 9.59 Å². The molecule has 7 heteroatoms. The molecule has 0 spiro atoms. The first-order valence-corrected chi connectivity index (χ1v) is 10.4. The lowest BCUT2D eigenvalue weighted by atomic mass is 9.88. The number of likely N-dealkylation sites (tertiary alicyclic amines) is 2. The van der Waals surface area contributed by atoms with E-state index < -0.39 is 11.7 Å². The number of rotatable bonds is 3. The molecule has 1 N–H and O–H groups in total. The highest BCUT2D eigenvalue weighted by molar-refractivity contribution is 5.69. The number of ether oxygens (including phenoxy) is 2. The summed E-state index contributed by atoms with van der Waals surface area (Å²) >= 11 is 0. The number of aliphatic hydroxyl groups is 1. The van der Waals surface area contributed by atoms with E-state index in [0.717, 1.165) is 18.4 Å². The summed E-state index contributed by atoms with van der Waals surface area (Å²) in [6.07, 6.45) is 0.907. The lowest BCUT2D eigenvalue weighted by Crippen LogP contribution is -2.47. The SMILES string of the molecule is CC(C)(C)OC(=O)N1CC(O)C[C@H]1C1CCN(C(=O)OCc2ccccc2)CC1. The molecule has 2 amide bonds. The van der Waals surface area contributed by atoms with E-state index in [4.69, 9.17) is 9.47 Å². The topological polar surface area (TPSA) is 79.3 Å². The Balaban J connectivity index is 1.51. The van der Waals surface area contributed by atoms with Crippen molar-refractivity contribution in [1.82, 2.24) is 9.80 Å². The van der Waals surface area contributed by atoms with Crippen molar-refractivity contribution in [3.05, 3.63) is 35.9 Å². The number of carbonyl (C=O) groups excluding carboxylic acids is 2. The normalized spacial score (nSPS) is 23.2. The van der Waals surface area contributed by atoms with E-state index in [2.05, 4.69) is 0 Å². The van der Waals surface area contributed by atoms with Gasteiger partial charge in [-0.05, 0) is 51.5 Å². The Bertz CT molecular complexity index is 695. The van der Waals surface area contributed by atoms with Gasteiger partial charge in [0.2, 0.25) is 0 Å². The highest BCUT2D eigenvalue weighted by atomic mass is 16.6. The Morgan fingerprint density at radius 2 is 1.76 bits per heavy atom. The van der Waals surface area contributed by atoms with Crippen molar-refractivity contribution in [2.45, 2.75) is 64.4 Å². The van der Waals surface area contributed by atoms with Gasteiger partial charge in [-0.25, -0.2) is 9.59 Å². The number of amides is 2. The Labute approximate surface area is 172 Å². The Hall–Kier alpha value is -2.28. The molecule has 7 nitrogen and oxygen atoms in total. The Morgan fingerprint density at radius 3 is 2.38 bits per heavy atom. The van der Waals surface area contributed by atoms with Crippen LogP contribution in [0.5, 0.6) is 0 Å². The van der Waals surface area contributed by atoms with Crippen LogP contribution in [0, 0.1) is 5.92 Å². The average Bonchev–Trinajstić information content (AvgIpc) is 3.08. The van der Waals surface area contributed by atoms with Gasteiger partial charge in [0.15, 0.2) is 0 Å². The van der Waals surface area contributed by atoms with E-state index in [-0.39, 0.29) is 30.8 Å². The molecule has 2 atom stereocenters. The molecule has 2 aliphatic heterocycles. The van der Waals surface area contributed by atoms with Gasteiger partial charge in [-0.2, -0.15) is 0 Å². The highest BCUT2D eigenvalue weighted by Gasteiger charge is 2.42. The van der Waals surface area contributed by atoms with Gasteiger partial charge in [0.05, 0.1) is 12.6 Å². The van der Waals surface area contributed by atoms with Gasteiger partial charge in [-0.1, -0.05) is 30.3 Å².